The highest BCUT2D eigenvalue weighted by molar-refractivity contribution is 7.13. The molecular weight excluding hydrogens is 328 g/mol. The van der Waals surface area contributed by atoms with Crippen LogP contribution in [0.2, 0.25) is 0 Å². The van der Waals surface area contributed by atoms with E-state index in [-0.39, 0.29) is 11.8 Å². The van der Waals surface area contributed by atoms with E-state index in [1.54, 1.807) is 18.3 Å². The fourth-order valence-corrected chi connectivity index (χ4v) is 3.59. The van der Waals surface area contributed by atoms with Gasteiger partial charge >= 0.3 is 0 Å². The first kappa shape index (κ1) is 15.1. The number of aryl methyl sites for hydroxylation is 1. The molecule has 1 saturated heterocycles. The number of hydrogen-bond acceptors (Lipinski definition) is 7. The van der Waals surface area contributed by atoms with E-state index < -0.39 is 0 Å². The topological polar surface area (TPSA) is 85.3 Å². The Balaban J connectivity index is 1.51. The van der Waals surface area contributed by atoms with Gasteiger partial charge < -0.3 is 13.9 Å². The normalized spacial score (nSPS) is 18.0. The third-order valence-corrected chi connectivity index (χ3v) is 5.09. The summed E-state index contributed by atoms with van der Waals surface area (Å²) in [4.78, 5) is 19.9. The molecule has 0 aromatic carbocycles. The summed E-state index contributed by atoms with van der Waals surface area (Å²) in [5.74, 6) is 1.75. The molecule has 1 amide bonds. The summed E-state index contributed by atoms with van der Waals surface area (Å²) in [6.45, 7) is 3.02. The SMILES string of the molecule is Cc1oncc1C(=O)N1CCC[C@H](c2nc(-c3cccs3)no2)C1. The van der Waals surface area contributed by atoms with Crippen molar-refractivity contribution >= 4 is 17.2 Å². The molecule has 1 aliphatic rings. The largest absolute Gasteiger partial charge is 0.361 e. The molecule has 7 nitrogen and oxygen atoms in total. The van der Waals surface area contributed by atoms with Gasteiger partial charge in [-0.1, -0.05) is 16.4 Å². The lowest BCUT2D eigenvalue weighted by Gasteiger charge is -2.30. The van der Waals surface area contributed by atoms with Gasteiger partial charge in [-0.2, -0.15) is 4.98 Å². The Morgan fingerprint density at radius 1 is 1.42 bits per heavy atom. The van der Waals surface area contributed by atoms with Gasteiger partial charge in [-0.3, -0.25) is 4.79 Å². The Bertz CT molecular complexity index is 839. The molecule has 0 N–H and O–H groups in total. The summed E-state index contributed by atoms with van der Waals surface area (Å²) >= 11 is 1.57. The van der Waals surface area contributed by atoms with Gasteiger partial charge in [0.15, 0.2) is 0 Å². The molecule has 3 aromatic rings. The standard InChI is InChI=1S/C16H16N4O3S/c1-10-12(8-17-22-10)16(21)20-6-2-4-11(9-20)15-18-14(19-23-15)13-5-3-7-24-13/h3,5,7-8,11H,2,4,6,9H2,1H3/t11-/m0/s1. The van der Waals surface area contributed by atoms with Crippen LogP contribution in [0.25, 0.3) is 10.7 Å². The summed E-state index contributed by atoms with van der Waals surface area (Å²) < 4.78 is 10.4. The fraction of sp³-hybridized carbons (Fsp3) is 0.375. The molecule has 8 heteroatoms. The van der Waals surface area contributed by atoms with Crippen molar-refractivity contribution in [3.8, 4) is 10.7 Å². The van der Waals surface area contributed by atoms with Crippen molar-refractivity contribution in [3.05, 3.63) is 40.9 Å². The number of nitrogens with zero attached hydrogens (tertiary/aromatic N) is 4. The zero-order valence-electron chi connectivity index (χ0n) is 13.1. The third kappa shape index (κ3) is 2.73. The van der Waals surface area contributed by atoms with Crippen LogP contribution in [-0.4, -0.2) is 39.2 Å². The Labute approximate surface area is 142 Å². The first-order valence-electron chi connectivity index (χ1n) is 7.80. The van der Waals surface area contributed by atoms with Crippen LogP contribution in [-0.2, 0) is 0 Å². The number of carbonyl (C=O) groups is 1. The highest BCUT2D eigenvalue weighted by atomic mass is 32.1. The smallest absolute Gasteiger partial charge is 0.259 e. The maximum Gasteiger partial charge on any atom is 0.259 e. The number of likely N-dealkylation sites (tertiary alicyclic amines) is 1. The van der Waals surface area contributed by atoms with E-state index in [4.69, 9.17) is 9.05 Å². The van der Waals surface area contributed by atoms with Crippen LogP contribution in [0.5, 0.6) is 0 Å². The van der Waals surface area contributed by atoms with Crippen molar-refractivity contribution in [2.75, 3.05) is 13.1 Å². The van der Waals surface area contributed by atoms with Crippen LogP contribution in [0.15, 0.2) is 32.8 Å². The second kappa shape index (κ2) is 6.20. The minimum atomic E-state index is -0.0588. The Hall–Kier alpha value is -2.48. The molecular formula is C16H16N4O3S. The van der Waals surface area contributed by atoms with Crippen LogP contribution >= 0.6 is 11.3 Å². The van der Waals surface area contributed by atoms with Crippen molar-refractivity contribution in [3.63, 3.8) is 0 Å². The molecule has 0 spiro atoms. The first-order valence-corrected chi connectivity index (χ1v) is 8.68. The molecule has 124 valence electrons. The van der Waals surface area contributed by atoms with Crippen LogP contribution < -0.4 is 0 Å². The van der Waals surface area contributed by atoms with Gasteiger partial charge in [-0.25, -0.2) is 0 Å². The van der Waals surface area contributed by atoms with E-state index >= 15 is 0 Å². The number of rotatable bonds is 3. The summed E-state index contributed by atoms with van der Waals surface area (Å²) in [5.41, 5.74) is 0.514. The molecule has 24 heavy (non-hydrogen) atoms. The van der Waals surface area contributed by atoms with Crippen molar-refractivity contribution in [1.82, 2.24) is 20.2 Å². The first-order chi connectivity index (χ1) is 11.7. The van der Waals surface area contributed by atoms with Gasteiger partial charge in [0.25, 0.3) is 5.91 Å². The minimum absolute atomic E-state index is 0.0588. The van der Waals surface area contributed by atoms with Gasteiger partial charge in [0.05, 0.1) is 17.0 Å². The number of amides is 1. The van der Waals surface area contributed by atoms with Crippen molar-refractivity contribution in [2.24, 2.45) is 0 Å². The van der Waals surface area contributed by atoms with E-state index in [2.05, 4.69) is 15.3 Å². The van der Waals surface area contributed by atoms with E-state index in [1.807, 2.05) is 22.4 Å². The average Bonchev–Trinajstić information content (AvgIpc) is 3.35. The third-order valence-electron chi connectivity index (χ3n) is 4.22. The van der Waals surface area contributed by atoms with Crippen LogP contribution in [0.3, 0.4) is 0 Å². The quantitative estimate of drug-likeness (QED) is 0.726. The predicted octanol–water partition coefficient (Wildman–Crippen LogP) is 3.11. The van der Waals surface area contributed by atoms with Crippen LogP contribution in [0.4, 0.5) is 0 Å². The van der Waals surface area contributed by atoms with Crippen molar-refractivity contribution in [1.29, 1.82) is 0 Å². The minimum Gasteiger partial charge on any atom is -0.361 e. The van der Waals surface area contributed by atoms with E-state index in [0.29, 0.717) is 36.1 Å². The molecule has 0 aliphatic carbocycles. The predicted molar refractivity (Wildman–Crippen MR) is 86.7 cm³/mol. The lowest BCUT2D eigenvalue weighted by atomic mass is 9.97. The summed E-state index contributed by atoms with van der Waals surface area (Å²) in [6, 6.07) is 3.92. The monoisotopic (exact) mass is 344 g/mol. The lowest BCUT2D eigenvalue weighted by Crippen LogP contribution is -2.39. The summed E-state index contributed by atoms with van der Waals surface area (Å²) in [7, 11) is 0. The lowest BCUT2D eigenvalue weighted by molar-refractivity contribution is 0.0694. The van der Waals surface area contributed by atoms with E-state index in [9.17, 15) is 4.79 Å². The summed E-state index contributed by atoms with van der Waals surface area (Å²) in [5, 5.41) is 9.73. The number of piperidine rings is 1. The number of aromatic nitrogens is 3. The molecule has 1 aliphatic heterocycles. The highest BCUT2D eigenvalue weighted by Crippen LogP contribution is 2.29. The van der Waals surface area contributed by atoms with E-state index in [0.717, 1.165) is 17.7 Å². The zero-order chi connectivity index (χ0) is 16.5. The number of hydrogen-bond donors (Lipinski definition) is 0. The fourth-order valence-electron chi connectivity index (χ4n) is 2.94. The molecule has 0 bridgehead atoms. The van der Waals surface area contributed by atoms with Crippen molar-refractivity contribution < 1.29 is 13.8 Å². The van der Waals surface area contributed by atoms with Gasteiger partial charge in [0.1, 0.15) is 11.3 Å². The highest BCUT2D eigenvalue weighted by Gasteiger charge is 2.30. The molecule has 4 heterocycles. The van der Waals surface area contributed by atoms with Gasteiger partial charge in [0, 0.05) is 13.1 Å². The maximum atomic E-state index is 12.6. The Morgan fingerprint density at radius 3 is 3.08 bits per heavy atom. The zero-order valence-corrected chi connectivity index (χ0v) is 14.0. The molecule has 3 aromatic heterocycles. The molecule has 1 fully saturated rings. The Kier molecular flexibility index (Phi) is 3.89. The number of carbonyl (C=O) groups excluding carboxylic acids is 1. The van der Waals surface area contributed by atoms with Gasteiger partial charge in [-0.05, 0) is 31.2 Å². The van der Waals surface area contributed by atoms with Crippen LogP contribution in [0.1, 0.15) is 40.8 Å². The average molecular weight is 344 g/mol. The molecule has 0 radical (unpaired) electrons. The van der Waals surface area contributed by atoms with Crippen LogP contribution in [0, 0.1) is 6.92 Å². The van der Waals surface area contributed by atoms with Gasteiger partial charge in [-0.15, -0.1) is 11.3 Å². The maximum absolute atomic E-state index is 12.6. The molecule has 0 saturated carbocycles. The molecule has 4 rings (SSSR count). The second-order valence-electron chi connectivity index (χ2n) is 5.82. The van der Waals surface area contributed by atoms with Gasteiger partial charge in [0.2, 0.25) is 11.7 Å². The Morgan fingerprint density at radius 2 is 2.33 bits per heavy atom. The van der Waals surface area contributed by atoms with E-state index in [1.165, 1.54) is 6.20 Å². The molecule has 1 atom stereocenters. The van der Waals surface area contributed by atoms with Crippen molar-refractivity contribution in [2.45, 2.75) is 25.7 Å². The number of thiophene rings is 1. The summed E-state index contributed by atoms with van der Waals surface area (Å²) in [6.07, 6.45) is 3.30. The second-order valence-corrected chi connectivity index (χ2v) is 6.77. The molecule has 0 unspecified atom stereocenters.